The van der Waals surface area contributed by atoms with Crippen LogP contribution in [-0.4, -0.2) is 34.3 Å². The number of ether oxygens (including phenoxy) is 1. The summed E-state index contributed by atoms with van der Waals surface area (Å²) in [7, 11) is -3.20. The van der Waals surface area contributed by atoms with Crippen LogP contribution in [0.1, 0.15) is 52.3 Å². The molecule has 31 heavy (non-hydrogen) atoms. The van der Waals surface area contributed by atoms with Crippen LogP contribution in [0.3, 0.4) is 0 Å². The van der Waals surface area contributed by atoms with Crippen LogP contribution in [0, 0.1) is 11.7 Å². The van der Waals surface area contributed by atoms with Gasteiger partial charge in [-0.3, -0.25) is 4.79 Å². The normalized spacial score (nSPS) is 18.5. The molecule has 8 heteroatoms. The molecule has 3 rings (SSSR count). The van der Waals surface area contributed by atoms with Crippen molar-refractivity contribution in [2.45, 2.75) is 26.2 Å². The monoisotopic (exact) mass is 455 g/mol. The molecular formula is C23H23ClFNO5. The van der Waals surface area contributed by atoms with Crippen LogP contribution >= 0.6 is 11.6 Å². The van der Waals surface area contributed by atoms with E-state index < -0.39 is 87.5 Å². The number of carboxylic acid groups (broad SMARTS) is 1. The molecule has 0 spiro atoms. The zero-order valence-corrected chi connectivity index (χ0v) is 17.1. The van der Waals surface area contributed by atoms with E-state index in [1.165, 1.54) is 19.9 Å². The minimum absolute atomic E-state index is 0.447. The number of methoxy groups -OCH3 is 1. The summed E-state index contributed by atoms with van der Waals surface area (Å²) in [5.41, 5.74) is -3.93. The number of hydrogen-bond acceptors (Lipinski definition) is 4. The number of pyridine rings is 1. The summed E-state index contributed by atoms with van der Waals surface area (Å²) in [6.07, 6.45) is -2.26. The molecule has 0 bridgehead atoms. The number of hydrogen-bond donors (Lipinski definition) is 2. The van der Waals surface area contributed by atoms with Crippen molar-refractivity contribution in [3.8, 4) is 5.75 Å². The van der Waals surface area contributed by atoms with E-state index in [-0.39, 0.29) is 0 Å². The number of rotatable bonds is 7. The number of benzene rings is 2. The van der Waals surface area contributed by atoms with E-state index in [0.29, 0.717) is 10.8 Å². The highest BCUT2D eigenvalue weighted by Gasteiger charge is 2.23. The average molecular weight is 456 g/mol. The van der Waals surface area contributed by atoms with Gasteiger partial charge >= 0.3 is 5.97 Å². The van der Waals surface area contributed by atoms with Crippen molar-refractivity contribution in [3.05, 3.63) is 74.3 Å². The molecule has 0 amide bonds. The van der Waals surface area contributed by atoms with Gasteiger partial charge in [-0.25, -0.2) is 9.18 Å². The Hall–Kier alpha value is -2.90. The molecule has 0 unspecified atom stereocenters. The van der Waals surface area contributed by atoms with Gasteiger partial charge in [-0.2, -0.15) is 0 Å². The number of carbonyl (C=O) groups is 1. The number of aliphatic hydroxyl groups is 1. The second-order valence-electron chi connectivity index (χ2n) is 6.89. The first kappa shape index (κ1) is 14.2. The smallest absolute Gasteiger partial charge is 0.341 e. The molecule has 1 heterocycles. The summed E-state index contributed by atoms with van der Waals surface area (Å²) in [5.74, 6) is -4.76. The second kappa shape index (κ2) is 9.08. The van der Waals surface area contributed by atoms with E-state index in [1.807, 2.05) is 0 Å². The van der Waals surface area contributed by atoms with Crippen molar-refractivity contribution in [2.24, 2.45) is 5.92 Å². The number of aromatic nitrogens is 1. The SMILES string of the molecule is [2H]C([2H])([2H])Oc1cc2c(cc1C([2H])([2H])c1cccc(Cl)c1F)c(=O)c(C(=O)O)cn2[C@@]([2H])(C(C)C)C([2H])([2H])O. The second-order valence-corrected chi connectivity index (χ2v) is 7.30. The van der Waals surface area contributed by atoms with Gasteiger partial charge < -0.3 is 19.5 Å². The lowest BCUT2D eigenvalue weighted by Crippen LogP contribution is -2.25. The van der Waals surface area contributed by atoms with Crippen molar-refractivity contribution in [1.29, 1.82) is 0 Å². The van der Waals surface area contributed by atoms with Crippen LogP contribution in [0.15, 0.2) is 41.3 Å². The van der Waals surface area contributed by atoms with Gasteiger partial charge in [0.05, 0.1) is 38.4 Å². The van der Waals surface area contributed by atoms with Crippen molar-refractivity contribution < 1.29 is 35.1 Å². The Bertz CT molecular complexity index is 1520. The molecule has 6 nitrogen and oxygen atoms in total. The fourth-order valence-corrected chi connectivity index (χ4v) is 3.27. The van der Waals surface area contributed by atoms with E-state index in [0.717, 1.165) is 24.3 Å². The Morgan fingerprint density at radius 1 is 1.39 bits per heavy atom. The highest BCUT2D eigenvalue weighted by Crippen LogP contribution is 2.31. The first-order valence-electron chi connectivity index (χ1n) is 13.0. The van der Waals surface area contributed by atoms with E-state index >= 15 is 0 Å². The first-order valence-corrected chi connectivity index (χ1v) is 9.36. The first-order chi connectivity index (χ1) is 17.6. The van der Waals surface area contributed by atoms with Crippen LogP contribution in [0.4, 0.5) is 4.39 Å². The van der Waals surface area contributed by atoms with E-state index in [4.69, 9.17) is 27.3 Å². The van der Waals surface area contributed by atoms with E-state index in [2.05, 4.69) is 0 Å². The summed E-state index contributed by atoms with van der Waals surface area (Å²) in [4.78, 5) is 25.2. The highest BCUT2D eigenvalue weighted by atomic mass is 35.5. The van der Waals surface area contributed by atoms with Crippen LogP contribution in [-0.2, 0) is 6.37 Å². The van der Waals surface area contributed by atoms with Gasteiger partial charge in [0.2, 0.25) is 5.43 Å². The Morgan fingerprint density at radius 2 is 2.13 bits per heavy atom. The Balaban J connectivity index is 2.61. The van der Waals surface area contributed by atoms with Crippen molar-refractivity contribution in [2.75, 3.05) is 13.6 Å². The van der Waals surface area contributed by atoms with Crippen LogP contribution in [0.25, 0.3) is 10.9 Å². The average Bonchev–Trinajstić information content (AvgIpc) is 2.77. The molecule has 0 aliphatic heterocycles. The van der Waals surface area contributed by atoms with Crippen LogP contribution < -0.4 is 10.2 Å². The molecule has 2 aromatic carbocycles. The van der Waals surface area contributed by atoms with Gasteiger partial charge in [0.25, 0.3) is 0 Å². The predicted molar refractivity (Wildman–Crippen MR) is 117 cm³/mol. The molecule has 0 aliphatic rings. The predicted octanol–water partition coefficient (Wildman–Crippen LogP) is 4.28. The standard InChI is InChI=1S/C23H23ClFNO5/c1-12(2)19(11-27)26-10-16(23(29)30)22(28)15-8-14(20(31-3)9-18(15)26)7-13-5-4-6-17(24)21(13)25/h4-6,8-10,12,19,27H,7,11H2,1-3H3,(H,29,30)/t19-/m1/s1/i3D3,7D2,11D2,19D. The molecule has 1 aromatic heterocycles. The molecule has 0 aliphatic carbocycles. The number of nitrogens with zero attached hydrogens (tertiary/aromatic N) is 1. The Labute approximate surface area is 194 Å². The third-order valence-corrected chi connectivity index (χ3v) is 4.88. The third kappa shape index (κ3) is 4.29. The van der Waals surface area contributed by atoms with Crippen molar-refractivity contribution >= 4 is 28.5 Å². The number of fused-ring (bicyclic) bond motifs is 1. The number of carboxylic acids is 1. The maximum atomic E-state index is 14.9. The lowest BCUT2D eigenvalue weighted by molar-refractivity contribution is 0.0694. The van der Waals surface area contributed by atoms with Gasteiger partial charge in [-0.1, -0.05) is 37.6 Å². The summed E-state index contributed by atoms with van der Waals surface area (Å²) < 4.78 is 85.2. The van der Waals surface area contributed by atoms with Crippen molar-refractivity contribution in [1.82, 2.24) is 4.57 Å². The molecule has 164 valence electrons. The molecule has 1 atom stereocenters. The zero-order chi connectivity index (χ0) is 29.9. The maximum absolute atomic E-state index is 14.9. The summed E-state index contributed by atoms with van der Waals surface area (Å²) >= 11 is 5.81. The van der Waals surface area contributed by atoms with Crippen LogP contribution in [0.2, 0.25) is 5.02 Å². The minimum atomic E-state index is -3.33. The van der Waals surface area contributed by atoms with Crippen LogP contribution in [0.5, 0.6) is 5.75 Å². The van der Waals surface area contributed by atoms with Gasteiger partial charge in [-0.05, 0) is 29.2 Å². The zero-order valence-electron chi connectivity index (χ0n) is 24.4. The number of halogens is 2. The van der Waals surface area contributed by atoms with Gasteiger partial charge in [0.15, 0.2) is 0 Å². The molecule has 2 N–H and O–H groups in total. The number of aromatic carboxylic acids is 1. The third-order valence-electron chi connectivity index (χ3n) is 4.59. The molecule has 0 fully saturated rings. The minimum Gasteiger partial charge on any atom is -0.496 e. The maximum Gasteiger partial charge on any atom is 0.341 e. The van der Waals surface area contributed by atoms with Gasteiger partial charge in [0, 0.05) is 26.8 Å². The fraction of sp³-hybridized carbons (Fsp3) is 0.304. The Morgan fingerprint density at radius 3 is 2.74 bits per heavy atom. The molecular weight excluding hydrogens is 425 g/mol. The lowest BCUT2D eigenvalue weighted by Gasteiger charge is -2.25. The quantitative estimate of drug-likeness (QED) is 0.555. The Kier molecular flexibility index (Phi) is 4.16. The molecule has 0 radical (unpaired) electrons. The van der Waals surface area contributed by atoms with Crippen molar-refractivity contribution in [3.63, 3.8) is 0 Å². The fourth-order valence-electron chi connectivity index (χ4n) is 3.09. The van der Waals surface area contributed by atoms with Gasteiger partial charge in [-0.15, -0.1) is 0 Å². The van der Waals surface area contributed by atoms with E-state index in [9.17, 15) is 24.2 Å². The van der Waals surface area contributed by atoms with Gasteiger partial charge in [0.1, 0.15) is 17.1 Å². The summed E-state index contributed by atoms with van der Waals surface area (Å²) in [6, 6.07) is 2.30. The summed E-state index contributed by atoms with van der Waals surface area (Å²) in [6.45, 7) is -0.637. The molecule has 0 saturated carbocycles. The van der Waals surface area contributed by atoms with E-state index in [1.54, 1.807) is 0 Å². The molecule has 0 saturated heterocycles. The topological polar surface area (TPSA) is 88.8 Å². The largest absolute Gasteiger partial charge is 0.496 e. The molecule has 3 aromatic rings. The lowest BCUT2D eigenvalue weighted by atomic mass is 9.98. The summed E-state index contributed by atoms with van der Waals surface area (Å²) in [5, 5.41) is 19.0. The highest BCUT2D eigenvalue weighted by molar-refractivity contribution is 6.30.